The minimum Gasteiger partial charge on any atom is -0.375 e. The number of fused-ring (bicyclic) bond motifs is 2. The zero-order valence-electron chi connectivity index (χ0n) is 11.4. The Morgan fingerprint density at radius 2 is 2.06 bits per heavy atom. The van der Waals surface area contributed by atoms with Crippen LogP contribution in [0.1, 0.15) is 43.4 Å². The van der Waals surface area contributed by atoms with Gasteiger partial charge in [-0.15, -0.1) is 0 Å². The van der Waals surface area contributed by atoms with Crippen LogP contribution in [0.3, 0.4) is 0 Å². The molecule has 0 amide bonds. The van der Waals surface area contributed by atoms with Crippen LogP contribution in [0.4, 0.5) is 0 Å². The lowest BCUT2D eigenvalue weighted by atomic mass is 9.81. The lowest BCUT2D eigenvalue weighted by Crippen LogP contribution is -2.31. The standard InChI is InChI=1S/C16H23NO/c1-3-11-4-6-12(7-5-11)16(17-2)14-10-13-8-9-15(14)18-13/h4-7,13-17H,3,8-10H2,1-2H3. The molecule has 98 valence electrons. The lowest BCUT2D eigenvalue weighted by Gasteiger charge is -2.28. The van der Waals surface area contributed by atoms with Crippen LogP contribution in [-0.2, 0) is 11.2 Å². The first-order valence-corrected chi connectivity index (χ1v) is 7.23. The molecule has 0 aromatic heterocycles. The molecule has 2 heteroatoms. The first-order valence-electron chi connectivity index (χ1n) is 7.23. The van der Waals surface area contributed by atoms with Gasteiger partial charge in [0.05, 0.1) is 12.2 Å². The van der Waals surface area contributed by atoms with Gasteiger partial charge in [-0.25, -0.2) is 0 Å². The van der Waals surface area contributed by atoms with Crippen LogP contribution in [0.25, 0.3) is 0 Å². The molecule has 2 aliphatic heterocycles. The van der Waals surface area contributed by atoms with E-state index in [-0.39, 0.29) is 0 Å². The van der Waals surface area contributed by atoms with Crippen molar-refractivity contribution < 1.29 is 4.74 Å². The van der Waals surface area contributed by atoms with Crippen LogP contribution in [0, 0.1) is 5.92 Å². The zero-order chi connectivity index (χ0) is 12.5. The summed E-state index contributed by atoms with van der Waals surface area (Å²) in [6.07, 6.45) is 5.88. The number of hydrogen-bond acceptors (Lipinski definition) is 2. The Kier molecular flexibility index (Phi) is 3.40. The fourth-order valence-corrected chi connectivity index (χ4v) is 3.62. The van der Waals surface area contributed by atoms with E-state index in [1.54, 1.807) is 0 Å². The third-order valence-corrected chi connectivity index (χ3v) is 4.64. The van der Waals surface area contributed by atoms with Gasteiger partial charge in [-0.2, -0.15) is 0 Å². The summed E-state index contributed by atoms with van der Waals surface area (Å²) in [5.74, 6) is 0.654. The first-order chi connectivity index (χ1) is 8.81. The van der Waals surface area contributed by atoms with Crippen LogP contribution in [0.15, 0.2) is 24.3 Å². The monoisotopic (exact) mass is 245 g/mol. The molecule has 1 N–H and O–H groups in total. The Balaban J connectivity index is 1.79. The second-order valence-corrected chi connectivity index (χ2v) is 5.63. The van der Waals surface area contributed by atoms with Crippen molar-refractivity contribution in [3.63, 3.8) is 0 Å². The van der Waals surface area contributed by atoms with Gasteiger partial charge >= 0.3 is 0 Å². The molecular formula is C16H23NO. The molecule has 2 heterocycles. The van der Waals surface area contributed by atoms with Crippen LogP contribution in [0.5, 0.6) is 0 Å². The van der Waals surface area contributed by atoms with Gasteiger partial charge in [0.1, 0.15) is 0 Å². The molecular weight excluding hydrogens is 222 g/mol. The molecule has 1 aromatic carbocycles. The fraction of sp³-hybridized carbons (Fsp3) is 0.625. The summed E-state index contributed by atoms with van der Waals surface area (Å²) in [5.41, 5.74) is 2.83. The molecule has 4 atom stereocenters. The van der Waals surface area contributed by atoms with Gasteiger partial charge in [-0.3, -0.25) is 0 Å². The highest BCUT2D eigenvalue weighted by Crippen LogP contribution is 2.44. The zero-order valence-corrected chi connectivity index (χ0v) is 11.4. The number of rotatable bonds is 4. The molecule has 18 heavy (non-hydrogen) atoms. The van der Waals surface area contributed by atoms with Crippen molar-refractivity contribution >= 4 is 0 Å². The van der Waals surface area contributed by atoms with Gasteiger partial charge in [-0.1, -0.05) is 31.2 Å². The number of aryl methyl sites for hydroxylation is 1. The third-order valence-electron chi connectivity index (χ3n) is 4.64. The van der Waals surface area contributed by atoms with Gasteiger partial charge in [0, 0.05) is 12.0 Å². The summed E-state index contributed by atoms with van der Waals surface area (Å²) >= 11 is 0. The van der Waals surface area contributed by atoms with Crippen molar-refractivity contribution in [2.24, 2.45) is 5.92 Å². The van der Waals surface area contributed by atoms with Crippen molar-refractivity contribution in [1.82, 2.24) is 5.32 Å². The highest BCUT2D eigenvalue weighted by molar-refractivity contribution is 5.26. The minimum absolute atomic E-state index is 0.450. The Bertz CT molecular complexity index is 400. The summed E-state index contributed by atoms with van der Waals surface area (Å²) in [4.78, 5) is 0. The van der Waals surface area contributed by atoms with Crippen LogP contribution in [0.2, 0.25) is 0 Å². The van der Waals surface area contributed by atoms with Gasteiger partial charge in [0.15, 0.2) is 0 Å². The Labute approximate surface area is 110 Å². The Morgan fingerprint density at radius 1 is 1.28 bits per heavy atom. The van der Waals surface area contributed by atoms with E-state index >= 15 is 0 Å². The highest BCUT2D eigenvalue weighted by atomic mass is 16.5. The van der Waals surface area contributed by atoms with Gasteiger partial charge < -0.3 is 10.1 Å². The van der Waals surface area contributed by atoms with E-state index in [1.165, 1.54) is 30.4 Å². The molecule has 2 aliphatic rings. The molecule has 2 saturated heterocycles. The minimum atomic E-state index is 0.450. The molecule has 2 fully saturated rings. The largest absolute Gasteiger partial charge is 0.375 e. The van der Waals surface area contributed by atoms with E-state index in [0.29, 0.717) is 24.2 Å². The molecule has 4 unspecified atom stereocenters. The van der Waals surface area contributed by atoms with E-state index in [2.05, 4.69) is 43.6 Å². The predicted molar refractivity (Wildman–Crippen MR) is 73.6 cm³/mol. The molecule has 3 rings (SSSR count). The quantitative estimate of drug-likeness (QED) is 0.880. The van der Waals surface area contributed by atoms with E-state index in [1.807, 2.05) is 0 Å². The van der Waals surface area contributed by atoms with E-state index < -0.39 is 0 Å². The van der Waals surface area contributed by atoms with Crippen molar-refractivity contribution in [3.8, 4) is 0 Å². The van der Waals surface area contributed by atoms with Crippen molar-refractivity contribution in [1.29, 1.82) is 0 Å². The molecule has 0 radical (unpaired) electrons. The summed E-state index contributed by atoms with van der Waals surface area (Å²) < 4.78 is 5.99. The average molecular weight is 245 g/mol. The number of nitrogens with one attached hydrogen (secondary N) is 1. The van der Waals surface area contributed by atoms with Crippen LogP contribution >= 0.6 is 0 Å². The third kappa shape index (κ3) is 2.08. The maximum Gasteiger partial charge on any atom is 0.0627 e. The molecule has 2 nitrogen and oxygen atoms in total. The van der Waals surface area contributed by atoms with E-state index in [0.717, 1.165) is 6.42 Å². The van der Waals surface area contributed by atoms with Crippen molar-refractivity contribution in [2.45, 2.75) is 50.9 Å². The second-order valence-electron chi connectivity index (χ2n) is 5.63. The highest BCUT2D eigenvalue weighted by Gasteiger charge is 2.44. The topological polar surface area (TPSA) is 21.3 Å². The number of benzene rings is 1. The van der Waals surface area contributed by atoms with E-state index in [4.69, 9.17) is 4.74 Å². The first kappa shape index (κ1) is 12.2. The summed E-state index contributed by atoms with van der Waals surface area (Å²) in [6.45, 7) is 2.20. The van der Waals surface area contributed by atoms with Crippen molar-refractivity contribution in [3.05, 3.63) is 35.4 Å². The summed E-state index contributed by atoms with van der Waals surface area (Å²) in [7, 11) is 2.07. The molecule has 0 spiro atoms. The van der Waals surface area contributed by atoms with Gasteiger partial charge in [0.25, 0.3) is 0 Å². The average Bonchev–Trinajstić information content (AvgIpc) is 3.03. The molecule has 0 aliphatic carbocycles. The van der Waals surface area contributed by atoms with Crippen LogP contribution < -0.4 is 5.32 Å². The maximum atomic E-state index is 5.99. The number of ether oxygens (including phenoxy) is 1. The second kappa shape index (κ2) is 5.02. The van der Waals surface area contributed by atoms with E-state index in [9.17, 15) is 0 Å². The SMILES string of the molecule is CCc1ccc(C(NC)C2CC3CCC2O3)cc1. The lowest BCUT2D eigenvalue weighted by molar-refractivity contribution is 0.0863. The smallest absolute Gasteiger partial charge is 0.0627 e. The Hall–Kier alpha value is -0.860. The molecule has 1 aromatic rings. The fourth-order valence-electron chi connectivity index (χ4n) is 3.62. The molecule has 0 saturated carbocycles. The molecule has 2 bridgehead atoms. The predicted octanol–water partition coefficient (Wildman–Crippen LogP) is 3.08. The van der Waals surface area contributed by atoms with Gasteiger partial charge in [-0.05, 0) is 43.9 Å². The summed E-state index contributed by atoms with van der Waals surface area (Å²) in [5, 5.41) is 3.50. The van der Waals surface area contributed by atoms with Crippen molar-refractivity contribution in [2.75, 3.05) is 7.05 Å². The van der Waals surface area contributed by atoms with Crippen LogP contribution in [-0.4, -0.2) is 19.3 Å². The Morgan fingerprint density at radius 3 is 2.56 bits per heavy atom. The summed E-state index contributed by atoms with van der Waals surface area (Å²) in [6, 6.07) is 9.53. The number of hydrogen-bond donors (Lipinski definition) is 1. The normalized spacial score (nSPS) is 31.8. The van der Waals surface area contributed by atoms with Gasteiger partial charge in [0.2, 0.25) is 0 Å². The maximum absolute atomic E-state index is 5.99.